The molecule has 1 fully saturated rings. The maximum absolute atomic E-state index is 13.5. The van der Waals surface area contributed by atoms with Gasteiger partial charge in [0.15, 0.2) is 17.3 Å². The van der Waals surface area contributed by atoms with E-state index in [0.717, 1.165) is 25.9 Å². The molecular formula is C26H28N2O7. The Hall–Kier alpha value is -2.98. The summed E-state index contributed by atoms with van der Waals surface area (Å²) in [6, 6.07) is 3.44. The van der Waals surface area contributed by atoms with Crippen LogP contribution in [0.5, 0.6) is 11.5 Å². The van der Waals surface area contributed by atoms with Crippen LogP contribution in [0.4, 0.5) is 0 Å². The molecular weight excluding hydrogens is 452 g/mol. The zero-order valence-electron chi connectivity index (χ0n) is 19.8. The van der Waals surface area contributed by atoms with Crippen molar-refractivity contribution in [1.82, 2.24) is 10.3 Å². The molecule has 2 aliphatic heterocycles. The predicted molar refractivity (Wildman–Crippen MR) is 127 cm³/mol. The van der Waals surface area contributed by atoms with Crippen molar-refractivity contribution in [2.24, 2.45) is 0 Å². The van der Waals surface area contributed by atoms with Crippen LogP contribution in [-0.2, 0) is 14.2 Å². The molecule has 6 rings (SSSR count). The van der Waals surface area contributed by atoms with Crippen molar-refractivity contribution >= 4 is 17.9 Å². The largest absolute Gasteiger partial charge is 0.454 e. The summed E-state index contributed by atoms with van der Waals surface area (Å²) in [6.07, 6.45) is 5.73. The van der Waals surface area contributed by atoms with Gasteiger partial charge in [0.1, 0.15) is 11.7 Å². The van der Waals surface area contributed by atoms with E-state index in [1.807, 2.05) is 12.2 Å². The first-order valence-electron chi connectivity index (χ1n) is 11.9. The Morgan fingerprint density at radius 3 is 2.63 bits per heavy atom. The Morgan fingerprint density at radius 2 is 1.91 bits per heavy atom. The number of carbonyl (C=O) groups is 1. The van der Waals surface area contributed by atoms with Crippen molar-refractivity contribution < 1.29 is 28.5 Å². The van der Waals surface area contributed by atoms with Gasteiger partial charge in [0, 0.05) is 43.7 Å². The number of pyridine rings is 1. The van der Waals surface area contributed by atoms with Gasteiger partial charge < -0.3 is 34.0 Å². The predicted octanol–water partition coefficient (Wildman–Crippen LogP) is 0.449. The fraction of sp³-hybridized carbons (Fsp3) is 0.462. The molecule has 2 aromatic rings. The third-order valence-corrected chi connectivity index (χ3v) is 7.47. The Labute approximate surface area is 201 Å². The zero-order valence-corrected chi connectivity index (χ0v) is 19.8. The van der Waals surface area contributed by atoms with E-state index in [9.17, 15) is 9.59 Å². The van der Waals surface area contributed by atoms with E-state index in [0.29, 0.717) is 57.3 Å². The maximum Gasteiger partial charge on any atom is 0.256 e. The van der Waals surface area contributed by atoms with Crippen molar-refractivity contribution in [3.8, 4) is 22.8 Å². The standard InChI is InChI=1S/C26H28N2O7/c1-31-21-10-15-18(11-26(21,32-2)5-3-4-14-12-27-6-7-33-14)25(30)28-23-16-8-19-20(35-13-34-19)9-17(16)24(29)22(15)23/h8-11,14,21,27H,3-7,12-13H2,1-2H3,(H,28,30). The van der Waals surface area contributed by atoms with Gasteiger partial charge in [-0.3, -0.25) is 9.59 Å². The van der Waals surface area contributed by atoms with Crippen LogP contribution in [0.1, 0.15) is 35.2 Å². The van der Waals surface area contributed by atoms with Gasteiger partial charge in [-0.25, -0.2) is 0 Å². The molecule has 0 saturated carbocycles. The first-order valence-corrected chi connectivity index (χ1v) is 11.9. The highest BCUT2D eigenvalue weighted by Crippen LogP contribution is 2.42. The Kier molecular flexibility index (Phi) is 5.52. The molecule has 35 heavy (non-hydrogen) atoms. The highest BCUT2D eigenvalue weighted by Gasteiger charge is 2.40. The Morgan fingerprint density at radius 1 is 1.11 bits per heavy atom. The maximum atomic E-state index is 13.5. The molecule has 1 saturated heterocycles. The van der Waals surface area contributed by atoms with Gasteiger partial charge in [-0.05, 0) is 48.8 Å². The molecule has 2 aliphatic carbocycles. The lowest BCUT2D eigenvalue weighted by atomic mass is 9.84. The molecule has 3 heterocycles. The number of nitrogens with one attached hydrogen (secondary N) is 2. The molecule has 1 aromatic carbocycles. The summed E-state index contributed by atoms with van der Waals surface area (Å²) in [5.74, 6) is 0.929. The molecule has 3 atom stereocenters. The SMILES string of the molecule is COC1C=c2c3c([nH]c(=O)c2=CC1(CCCC1CNCCO1)OC)-c1cc2c(cc1C3=O)OCO2. The van der Waals surface area contributed by atoms with Gasteiger partial charge in [-0.2, -0.15) is 0 Å². The lowest BCUT2D eigenvalue weighted by molar-refractivity contribution is -0.0574. The van der Waals surface area contributed by atoms with E-state index in [-0.39, 0.29) is 24.2 Å². The van der Waals surface area contributed by atoms with Crippen molar-refractivity contribution in [1.29, 1.82) is 0 Å². The minimum Gasteiger partial charge on any atom is -0.454 e. The Balaban J connectivity index is 1.41. The van der Waals surface area contributed by atoms with E-state index < -0.39 is 11.7 Å². The number of aromatic amines is 1. The van der Waals surface area contributed by atoms with Gasteiger partial charge in [0.25, 0.3) is 5.56 Å². The molecule has 0 spiro atoms. The first-order chi connectivity index (χ1) is 17.0. The molecule has 4 aliphatic rings. The van der Waals surface area contributed by atoms with Crippen molar-refractivity contribution in [2.45, 2.75) is 37.1 Å². The monoisotopic (exact) mass is 480 g/mol. The number of rotatable bonds is 6. The minimum atomic E-state index is -0.831. The van der Waals surface area contributed by atoms with Crippen LogP contribution >= 0.6 is 0 Å². The molecule has 9 nitrogen and oxygen atoms in total. The fourth-order valence-electron chi connectivity index (χ4n) is 5.65. The van der Waals surface area contributed by atoms with Crippen LogP contribution in [0.25, 0.3) is 23.4 Å². The summed E-state index contributed by atoms with van der Waals surface area (Å²) in [5.41, 5.74) is 0.981. The number of morpholine rings is 1. The second-order valence-electron chi connectivity index (χ2n) is 9.33. The summed E-state index contributed by atoms with van der Waals surface area (Å²) in [4.78, 5) is 29.7. The van der Waals surface area contributed by atoms with Crippen LogP contribution in [0, 0.1) is 0 Å². The number of aromatic nitrogens is 1. The number of ether oxygens (including phenoxy) is 5. The molecule has 0 radical (unpaired) electrons. The minimum absolute atomic E-state index is 0.112. The molecule has 184 valence electrons. The van der Waals surface area contributed by atoms with E-state index in [4.69, 9.17) is 23.7 Å². The lowest BCUT2D eigenvalue weighted by Gasteiger charge is -2.37. The number of methoxy groups -OCH3 is 2. The normalized spacial score (nSPS) is 25.9. The quantitative estimate of drug-likeness (QED) is 0.524. The molecule has 1 aromatic heterocycles. The van der Waals surface area contributed by atoms with Crippen LogP contribution in [0.3, 0.4) is 0 Å². The van der Waals surface area contributed by atoms with Crippen molar-refractivity contribution in [3.05, 3.63) is 44.1 Å². The fourth-order valence-corrected chi connectivity index (χ4v) is 5.65. The average Bonchev–Trinajstić information content (AvgIpc) is 3.45. The number of benzene rings is 1. The van der Waals surface area contributed by atoms with E-state index >= 15 is 0 Å². The molecule has 2 N–H and O–H groups in total. The van der Waals surface area contributed by atoms with Gasteiger partial charge in [0.05, 0.1) is 24.0 Å². The van der Waals surface area contributed by atoms with E-state index in [1.54, 1.807) is 26.4 Å². The third-order valence-electron chi connectivity index (χ3n) is 7.47. The summed E-state index contributed by atoms with van der Waals surface area (Å²) in [6.45, 7) is 2.54. The highest BCUT2D eigenvalue weighted by atomic mass is 16.7. The summed E-state index contributed by atoms with van der Waals surface area (Å²) < 4.78 is 28.6. The number of hydrogen-bond donors (Lipinski definition) is 2. The van der Waals surface area contributed by atoms with E-state index in [1.165, 1.54) is 0 Å². The van der Waals surface area contributed by atoms with Gasteiger partial charge in [-0.1, -0.05) is 0 Å². The van der Waals surface area contributed by atoms with E-state index in [2.05, 4.69) is 10.3 Å². The van der Waals surface area contributed by atoms with Gasteiger partial charge >= 0.3 is 0 Å². The third kappa shape index (κ3) is 3.53. The molecule has 3 unspecified atom stereocenters. The van der Waals surface area contributed by atoms with Crippen molar-refractivity contribution in [2.75, 3.05) is 40.7 Å². The highest BCUT2D eigenvalue weighted by molar-refractivity contribution is 6.21. The first kappa shape index (κ1) is 22.5. The average molecular weight is 481 g/mol. The van der Waals surface area contributed by atoms with Crippen LogP contribution in [0.2, 0.25) is 0 Å². The number of fused-ring (bicyclic) bond motifs is 6. The van der Waals surface area contributed by atoms with Gasteiger partial charge in [-0.15, -0.1) is 0 Å². The molecule has 0 amide bonds. The van der Waals surface area contributed by atoms with Crippen molar-refractivity contribution in [3.63, 3.8) is 0 Å². The molecule has 0 bridgehead atoms. The zero-order chi connectivity index (χ0) is 24.2. The van der Waals surface area contributed by atoms with Gasteiger partial charge in [0.2, 0.25) is 6.79 Å². The Bertz CT molecular complexity index is 1380. The summed E-state index contributed by atoms with van der Waals surface area (Å²) in [7, 11) is 3.25. The topological polar surface area (TPSA) is 108 Å². The lowest BCUT2D eigenvalue weighted by Crippen LogP contribution is -2.55. The number of H-pyrrole nitrogens is 1. The summed E-state index contributed by atoms with van der Waals surface area (Å²) in [5, 5.41) is 4.35. The van der Waals surface area contributed by atoms with Crippen LogP contribution < -0.4 is 30.8 Å². The second kappa shape index (κ2) is 8.60. The second-order valence-corrected chi connectivity index (χ2v) is 9.33. The number of carbonyl (C=O) groups excluding carboxylic acids is 1. The summed E-state index contributed by atoms with van der Waals surface area (Å²) >= 11 is 0. The molecule has 9 heteroatoms. The van der Waals surface area contributed by atoms with Crippen LogP contribution in [0.15, 0.2) is 16.9 Å². The smallest absolute Gasteiger partial charge is 0.256 e. The van der Waals surface area contributed by atoms with Crippen LogP contribution in [-0.4, -0.2) is 69.3 Å². The number of ketones is 1. The number of hydrogen-bond acceptors (Lipinski definition) is 8.